The van der Waals surface area contributed by atoms with Crippen molar-refractivity contribution in [3.63, 3.8) is 0 Å². The van der Waals surface area contributed by atoms with Crippen LogP contribution in [-0.4, -0.2) is 41.6 Å². The normalized spacial score (nSPS) is 20.4. The van der Waals surface area contributed by atoms with Crippen molar-refractivity contribution in [1.82, 2.24) is 14.8 Å². The molecule has 6 heteroatoms. The molecule has 0 saturated carbocycles. The number of rotatable bonds is 3. The molecule has 126 valence electrons. The second-order valence-electron chi connectivity index (χ2n) is 6.23. The number of carbonyl (C=O) groups excluding carboxylic acids is 1. The van der Waals surface area contributed by atoms with E-state index in [0.717, 1.165) is 31.5 Å². The lowest BCUT2D eigenvalue weighted by atomic mass is 9.99. The summed E-state index contributed by atoms with van der Waals surface area (Å²) in [4.78, 5) is 27.0. The molecule has 1 unspecified atom stereocenters. The quantitative estimate of drug-likeness (QED) is 0.852. The molecule has 1 amide bonds. The van der Waals surface area contributed by atoms with Crippen molar-refractivity contribution >= 4 is 18.3 Å². The number of halogens is 1. The summed E-state index contributed by atoms with van der Waals surface area (Å²) in [5, 5.41) is 3.37. The Morgan fingerprint density at radius 3 is 2.74 bits per heavy atom. The van der Waals surface area contributed by atoms with Gasteiger partial charge >= 0.3 is 0 Å². The predicted octanol–water partition coefficient (Wildman–Crippen LogP) is 1.59. The lowest BCUT2D eigenvalue weighted by Gasteiger charge is -2.24. The van der Waals surface area contributed by atoms with Gasteiger partial charge in [0.25, 0.3) is 11.5 Å². The van der Waals surface area contributed by atoms with Crippen LogP contribution in [0.5, 0.6) is 0 Å². The van der Waals surface area contributed by atoms with Crippen LogP contribution in [0.15, 0.2) is 29.2 Å². The molecule has 0 bridgehead atoms. The van der Waals surface area contributed by atoms with Crippen molar-refractivity contribution in [2.45, 2.75) is 26.3 Å². The number of amides is 1. The van der Waals surface area contributed by atoms with Gasteiger partial charge in [-0.2, -0.15) is 0 Å². The van der Waals surface area contributed by atoms with E-state index in [4.69, 9.17) is 0 Å². The summed E-state index contributed by atoms with van der Waals surface area (Å²) < 4.78 is 1.71. The summed E-state index contributed by atoms with van der Waals surface area (Å²) in [6.07, 6.45) is 8.03. The Bertz CT molecular complexity index is 640. The van der Waals surface area contributed by atoms with Gasteiger partial charge in [0.05, 0.1) is 0 Å². The highest BCUT2D eigenvalue weighted by Gasteiger charge is 2.23. The maximum absolute atomic E-state index is 12.7. The third kappa shape index (κ3) is 3.85. The summed E-state index contributed by atoms with van der Waals surface area (Å²) in [7, 11) is 0. The second kappa shape index (κ2) is 7.79. The van der Waals surface area contributed by atoms with Gasteiger partial charge in [-0.15, -0.1) is 12.4 Å². The first-order valence-electron chi connectivity index (χ1n) is 8.02. The van der Waals surface area contributed by atoms with Gasteiger partial charge in [-0.05, 0) is 50.4 Å². The smallest absolute Gasteiger partial charge is 0.263 e. The highest BCUT2D eigenvalue weighted by Crippen LogP contribution is 2.13. The highest BCUT2D eigenvalue weighted by molar-refractivity contribution is 5.95. The fourth-order valence-electron chi connectivity index (χ4n) is 3.23. The zero-order valence-electron chi connectivity index (χ0n) is 13.5. The van der Waals surface area contributed by atoms with Crippen LogP contribution in [0.3, 0.4) is 0 Å². The number of nitrogens with one attached hydrogen (secondary N) is 1. The van der Waals surface area contributed by atoms with E-state index >= 15 is 0 Å². The fourth-order valence-corrected chi connectivity index (χ4v) is 3.23. The van der Waals surface area contributed by atoms with E-state index in [1.165, 1.54) is 0 Å². The largest absolute Gasteiger partial charge is 0.331 e. The zero-order valence-corrected chi connectivity index (χ0v) is 14.3. The van der Waals surface area contributed by atoms with Crippen molar-refractivity contribution in [1.29, 1.82) is 0 Å². The van der Waals surface area contributed by atoms with E-state index in [2.05, 4.69) is 5.32 Å². The summed E-state index contributed by atoms with van der Waals surface area (Å²) in [6.45, 7) is 5.72. The Morgan fingerprint density at radius 2 is 2.09 bits per heavy atom. The maximum Gasteiger partial charge on any atom is 0.263 e. The zero-order chi connectivity index (χ0) is 15.5. The van der Waals surface area contributed by atoms with Crippen LogP contribution < -0.4 is 10.9 Å². The maximum atomic E-state index is 12.7. The van der Waals surface area contributed by atoms with Crippen LogP contribution in [0.25, 0.3) is 0 Å². The molecule has 1 saturated heterocycles. The third-order valence-electron chi connectivity index (χ3n) is 4.55. The van der Waals surface area contributed by atoms with Gasteiger partial charge in [-0.25, -0.2) is 0 Å². The lowest BCUT2D eigenvalue weighted by molar-refractivity contribution is 0.0796. The molecule has 2 aliphatic heterocycles. The van der Waals surface area contributed by atoms with E-state index < -0.39 is 0 Å². The number of aryl methyl sites for hydroxylation is 1. The van der Waals surface area contributed by atoms with Crippen LogP contribution >= 0.6 is 12.4 Å². The topological polar surface area (TPSA) is 54.3 Å². The van der Waals surface area contributed by atoms with Gasteiger partial charge in [0.15, 0.2) is 0 Å². The van der Waals surface area contributed by atoms with Crippen LogP contribution in [0.4, 0.5) is 0 Å². The first-order valence-corrected chi connectivity index (χ1v) is 8.02. The summed E-state index contributed by atoms with van der Waals surface area (Å²) in [5.74, 6) is 0.314. The molecule has 1 atom stereocenters. The first-order chi connectivity index (χ1) is 10.7. The van der Waals surface area contributed by atoms with E-state index in [-0.39, 0.29) is 23.9 Å². The first kappa shape index (κ1) is 17.8. The third-order valence-corrected chi connectivity index (χ3v) is 4.55. The molecule has 0 aliphatic carbocycles. The minimum absolute atomic E-state index is 0. The summed E-state index contributed by atoms with van der Waals surface area (Å²) >= 11 is 0. The average molecular weight is 338 g/mol. The Balaban J connectivity index is 0.00000192. The molecule has 1 N–H and O–H groups in total. The van der Waals surface area contributed by atoms with Crippen LogP contribution in [0.2, 0.25) is 0 Å². The van der Waals surface area contributed by atoms with Crippen molar-refractivity contribution < 1.29 is 4.79 Å². The van der Waals surface area contributed by atoms with Gasteiger partial charge < -0.3 is 14.8 Å². The Morgan fingerprint density at radius 1 is 1.35 bits per heavy atom. The molecule has 1 aromatic heterocycles. The van der Waals surface area contributed by atoms with Gasteiger partial charge in [0, 0.05) is 25.8 Å². The van der Waals surface area contributed by atoms with Crippen LogP contribution in [-0.2, 0) is 6.54 Å². The van der Waals surface area contributed by atoms with Gasteiger partial charge in [-0.1, -0.05) is 12.2 Å². The molecule has 23 heavy (non-hydrogen) atoms. The van der Waals surface area contributed by atoms with E-state index in [1.807, 2.05) is 31.3 Å². The molecule has 3 rings (SSSR count). The fraction of sp³-hybridized carbons (Fsp3) is 0.529. The number of hydrogen-bond acceptors (Lipinski definition) is 3. The van der Waals surface area contributed by atoms with E-state index in [9.17, 15) is 9.59 Å². The van der Waals surface area contributed by atoms with Crippen LogP contribution in [0.1, 0.15) is 28.8 Å². The number of pyridine rings is 1. The predicted molar refractivity (Wildman–Crippen MR) is 93.3 cm³/mol. The lowest BCUT2D eigenvalue weighted by Crippen LogP contribution is -2.38. The Hall–Kier alpha value is -1.59. The molecular formula is C17H24ClN3O2. The van der Waals surface area contributed by atoms with Crippen molar-refractivity contribution in [2.75, 3.05) is 26.2 Å². The Labute approximate surface area is 142 Å². The van der Waals surface area contributed by atoms with Gasteiger partial charge in [0.2, 0.25) is 0 Å². The van der Waals surface area contributed by atoms with Crippen LogP contribution in [0, 0.1) is 12.8 Å². The van der Waals surface area contributed by atoms with Crippen molar-refractivity contribution in [2.24, 2.45) is 5.92 Å². The van der Waals surface area contributed by atoms with Crippen molar-refractivity contribution in [3.05, 3.63) is 45.9 Å². The number of hydrogen-bond donors (Lipinski definition) is 1. The van der Waals surface area contributed by atoms with Gasteiger partial charge in [-0.3, -0.25) is 9.59 Å². The average Bonchev–Trinajstić information content (AvgIpc) is 3.05. The molecule has 3 heterocycles. The molecule has 5 nitrogen and oxygen atoms in total. The summed E-state index contributed by atoms with van der Waals surface area (Å²) in [5.41, 5.74) is 0.942. The Kier molecular flexibility index (Phi) is 6.02. The summed E-state index contributed by atoms with van der Waals surface area (Å²) in [6, 6.07) is 1.88. The molecule has 0 spiro atoms. The molecule has 1 aromatic rings. The van der Waals surface area contributed by atoms with Gasteiger partial charge in [0.1, 0.15) is 5.56 Å². The number of piperidine rings is 1. The second-order valence-corrected chi connectivity index (χ2v) is 6.23. The number of carbonyl (C=O) groups is 1. The minimum atomic E-state index is -0.150. The number of nitrogens with zero attached hydrogens (tertiary/aromatic N) is 2. The van der Waals surface area contributed by atoms with E-state index in [1.54, 1.807) is 9.47 Å². The standard InChI is InChI=1S/C17H23N3O2.ClH/c1-13-6-10-20(12-14-5-4-7-18-11-14)17(22)15(13)16(21)19-8-2-3-9-19;/h2-3,6,10,14,18H,4-5,7-9,11-12H2,1H3;1H. The van der Waals surface area contributed by atoms with Crippen molar-refractivity contribution in [3.8, 4) is 0 Å². The van der Waals surface area contributed by atoms with E-state index in [0.29, 0.717) is 31.1 Å². The molecular weight excluding hydrogens is 314 g/mol. The minimum Gasteiger partial charge on any atom is -0.331 e. The number of aromatic nitrogens is 1. The SMILES string of the molecule is Cc1ccn(CC2CCCNC2)c(=O)c1C(=O)N1CC=CC1.Cl. The molecule has 0 aromatic carbocycles. The molecule has 1 fully saturated rings. The molecule has 0 radical (unpaired) electrons. The monoisotopic (exact) mass is 337 g/mol. The highest BCUT2D eigenvalue weighted by atomic mass is 35.5. The molecule has 2 aliphatic rings.